The molecule has 1 heterocycles. The maximum Gasteiger partial charge on any atom is 0.132 e. The third kappa shape index (κ3) is 3.15. The van der Waals surface area contributed by atoms with Gasteiger partial charge in [-0.15, -0.1) is 0 Å². The molecule has 4 nitrogen and oxygen atoms in total. The molecule has 0 aliphatic heterocycles. The van der Waals surface area contributed by atoms with E-state index in [2.05, 4.69) is 5.10 Å². The SMILES string of the molecule is OCc1ccccc1OCc1ccn(-c2ccc(F)cc2)n1. The van der Waals surface area contributed by atoms with E-state index in [1.54, 1.807) is 23.0 Å². The molecule has 112 valence electrons. The number of hydrogen-bond donors (Lipinski definition) is 1. The van der Waals surface area contributed by atoms with Crippen molar-refractivity contribution in [2.75, 3.05) is 0 Å². The number of ether oxygens (including phenoxy) is 1. The molecule has 0 spiro atoms. The van der Waals surface area contributed by atoms with Crippen LogP contribution in [-0.4, -0.2) is 14.9 Å². The first kappa shape index (κ1) is 14.3. The molecular weight excluding hydrogens is 283 g/mol. The van der Waals surface area contributed by atoms with Gasteiger partial charge in [0.15, 0.2) is 0 Å². The van der Waals surface area contributed by atoms with Crippen LogP contribution in [0.3, 0.4) is 0 Å². The number of para-hydroxylation sites is 1. The molecule has 0 atom stereocenters. The molecule has 0 aliphatic rings. The minimum atomic E-state index is -0.278. The first-order chi connectivity index (χ1) is 10.8. The Bertz CT molecular complexity index is 753. The average molecular weight is 298 g/mol. The number of aromatic nitrogens is 2. The van der Waals surface area contributed by atoms with Crippen LogP contribution in [-0.2, 0) is 13.2 Å². The Hall–Kier alpha value is -2.66. The summed E-state index contributed by atoms with van der Waals surface area (Å²) in [4.78, 5) is 0. The summed E-state index contributed by atoms with van der Waals surface area (Å²) >= 11 is 0. The van der Waals surface area contributed by atoms with E-state index in [-0.39, 0.29) is 12.4 Å². The van der Waals surface area contributed by atoms with E-state index in [1.165, 1.54) is 12.1 Å². The Labute approximate surface area is 127 Å². The number of aliphatic hydroxyl groups is 1. The maximum absolute atomic E-state index is 12.9. The predicted molar refractivity (Wildman–Crippen MR) is 80.2 cm³/mol. The molecule has 0 aliphatic carbocycles. The molecule has 0 saturated heterocycles. The van der Waals surface area contributed by atoms with Gasteiger partial charge >= 0.3 is 0 Å². The molecule has 0 unspecified atom stereocenters. The van der Waals surface area contributed by atoms with Gasteiger partial charge in [-0.2, -0.15) is 5.10 Å². The standard InChI is InChI=1S/C17H15FN2O2/c18-14-5-7-16(8-6-14)20-10-9-15(19-20)12-22-17-4-2-1-3-13(17)11-21/h1-10,21H,11-12H2. The Morgan fingerprint density at radius 2 is 1.82 bits per heavy atom. The van der Waals surface area contributed by atoms with Gasteiger partial charge in [0.2, 0.25) is 0 Å². The van der Waals surface area contributed by atoms with Gasteiger partial charge < -0.3 is 9.84 Å². The highest BCUT2D eigenvalue weighted by Crippen LogP contribution is 2.19. The summed E-state index contributed by atoms with van der Waals surface area (Å²) in [5, 5.41) is 13.6. The van der Waals surface area contributed by atoms with E-state index in [4.69, 9.17) is 4.74 Å². The second kappa shape index (κ2) is 6.41. The highest BCUT2D eigenvalue weighted by molar-refractivity contribution is 5.33. The predicted octanol–water partition coefficient (Wildman–Crippen LogP) is 3.08. The van der Waals surface area contributed by atoms with Crippen LogP contribution in [0.5, 0.6) is 5.75 Å². The number of nitrogens with zero attached hydrogens (tertiary/aromatic N) is 2. The van der Waals surface area contributed by atoms with Crippen LogP contribution in [0.1, 0.15) is 11.3 Å². The number of aliphatic hydroxyl groups excluding tert-OH is 1. The molecule has 5 heteroatoms. The van der Waals surface area contributed by atoms with Gasteiger partial charge in [0.25, 0.3) is 0 Å². The van der Waals surface area contributed by atoms with E-state index in [0.717, 1.165) is 16.9 Å². The zero-order chi connectivity index (χ0) is 15.4. The zero-order valence-electron chi connectivity index (χ0n) is 11.8. The number of benzene rings is 2. The summed E-state index contributed by atoms with van der Waals surface area (Å²) in [6, 6.07) is 15.3. The second-order valence-electron chi connectivity index (χ2n) is 4.78. The summed E-state index contributed by atoms with van der Waals surface area (Å²) < 4.78 is 20.3. The Kier molecular flexibility index (Phi) is 4.16. The van der Waals surface area contributed by atoms with Crippen molar-refractivity contribution >= 4 is 0 Å². The van der Waals surface area contributed by atoms with E-state index in [1.807, 2.05) is 30.3 Å². The average Bonchev–Trinajstić information content (AvgIpc) is 3.03. The monoisotopic (exact) mass is 298 g/mol. The first-order valence-corrected chi connectivity index (χ1v) is 6.88. The lowest BCUT2D eigenvalue weighted by Crippen LogP contribution is -2.01. The van der Waals surface area contributed by atoms with E-state index >= 15 is 0 Å². The van der Waals surface area contributed by atoms with Crippen LogP contribution in [0, 0.1) is 5.82 Å². The lowest BCUT2D eigenvalue weighted by Gasteiger charge is -2.08. The van der Waals surface area contributed by atoms with Crippen LogP contribution in [0.15, 0.2) is 60.8 Å². The summed E-state index contributed by atoms with van der Waals surface area (Å²) in [5.74, 6) is 0.362. The highest BCUT2D eigenvalue weighted by Gasteiger charge is 2.05. The van der Waals surface area contributed by atoms with Gasteiger partial charge in [-0.05, 0) is 36.4 Å². The fourth-order valence-electron chi connectivity index (χ4n) is 2.10. The van der Waals surface area contributed by atoms with Crippen molar-refractivity contribution in [1.82, 2.24) is 9.78 Å². The van der Waals surface area contributed by atoms with Gasteiger partial charge in [-0.1, -0.05) is 18.2 Å². The normalized spacial score (nSPS) is 10.6. The maximum atomic E-state index is 12.9. The number of hydrogen-bond acceptors (Lipinski definition) is 3. The van der Waals surface area contributed by atoms with Gasteiger partial charge in [-0.3, -0.25) is 0 Å². The van der Waals surface area contributed by atoms with E-state index < -0.39 is 0 Å². The number of halogens is 1. The van der Waals surface area contributed by atoms with Crippen molar-refractivity contribution in [3.8, 4) is 11.4 Å². The molecule has 3 aromatic rings. The molecule has 1 aromatic heterocycles. The summed E-state index contributed by atoms with van der Waals surface area (Å²) in [6.45, 7) is 0.228. The van der Waals surface area contributed by atoms with Crippen molar-refractivity contribution < 1.29 is 14.2 Å². The van der Waals surface area contributed by atoms with Gasteiger partial charge in [0.1, 0.15) is 23.9 Å². The van der Waals surface area contributed by atoms with Gasteiger partial charge in [0.05, 0.1) is 12.3 Å². The third-order valence-electron chi connectivity index (χ3n) is 3.25. The van der Waals surface area contributed by atoms with Crippen LogP contribution in [0.4, 0.5) is 4.39 Å². The molecule has 0 fully saturated rings. The van der Waals surface area contributed by atoms with E-state index in [0.29, 0.717) is 12.4 Å². The molecule has 22 heavy (non-hydrogen) atoms. The summed E-state index contributed by atoms with van der Waals surface area (Å²) in [5.41, 5.74) is 2.26. The highest BCUT2D eigenvalue weighted by atomic mass is 19.1. The smallest absolute Gasteiger partial charge is 0.132 e. The zero-order valence-corrected chi connectivity index (χ0v) is 11.8. The Morgan fingerprint density at radius 3 is 2.59 bits per heavy atom. The molecule has 1 N–H and O–H groups in total. The molecule has 0 amide bonds. The second-order valence-corrected chi connectivity index (χ2v) is 4.78. The lowest BCUT2D eigenvalue weighted by molar-refractivity contribution is 0.257. The number of rotatable bonds is 5. The van der Waals surface area contributed by atoms with Crippen LogP contribution in [0.2, 0.25) is 0 Å². The summed E-state index contributed by atoms with van der Waals surface area (Å²) in [7, 11) is 0. The van der Waals surface area contributed by atoms with Crippen molar-refractivity contribution in [2.45, 2.75) is 13.2 Å². The molecule has 2 aromatic carbocycles. The molecule has 0 radical (unpaired) electrons. The lowest BCUT2D eigenvalue weighted by atomic mass is 10.2. The topological polar surface area (TPSA) is 47.3 Å². The van der Waals surface area contributed by atoms with Crippen molar-refractivity contribution in [2.24, 2.45) is 0 Å². The third-order valence-corrected chi connectivity index (χ3v) is 3.25. The quantitative estimate of drug-likeness (QED) is 0.787. The molecule has 0 saturated carbocycles. The van der Waals surface area contributed by atoms with Gasteiger partial charge in [-0.25, -0.2) is 9.07 Å². The van der Waals surface area contributed by atoms with Crippen molar-refractivity contribution in [3.63, 3.8) is 0 Å². The molecule has 0 bridgehead atoms. The summed E-state index contributed by atoms with van der Waals surface area (Å²) in [6.07, 6.45) is 1.80. The fourth-order valence-corrected chi connectivity index (χ4v) is 2.10. The van der Waals surface area contributed by atoms with Crippen molar-refractivity contribution in [1.29, 1.82) is 0 Å². The van der Waals surface area contributed by atoms with Crippen LogP contribution < -0.4 is 4.74 Å². The first-order valence-electron chi connectivity index (χ1n) is 6.88. The van der Waals surface area contributed by atoms with Crippen LogP contribution in [0.25, 0.3) is 5.69 Å². The molecular formula is C17H15FN2O2. The van der Waals surface area contributed by atoms with Crippen molar-refractivity contribution in [3.05, 3.63) is 77.9 Å². The fraction of sp³-hybridized carbons (Fsp3) is 0.118. The van der Waals surface area contributed by atoms with Gasteiger partial charge in [0, 0.05) is 11.8 Å². The Morgan fingerprint density at radius 1 is 1.05 bits per heavy atom. The molecule has 3 rings (SSSR count). The van der Waals surface area contributed by atoms with E-state index in [9.17, 15) is 9.50 Å². The van der Waals surface area contributed by atoms with Crippen LogP contribution >= 0.6 is 0 Å². The minimum Gasteiger partial charge on any atom is -0.487 e. The minimum absolute atomic E-state index is 0.0693. The Balaban J connectivity index is 1.71. The largest absolute Gasteiger partial charge is 0.487 e.